The Morgan fingerprint density at radius 3 is 2.88 bits per heavy atom. The Kier molecular flexibility index (Phi) is 2.75. The van der Waals surface area contributed by atoms with Crippen LogP contribution in [-0.4, -0.2) is 26.7 Å². The van der Waals surface area contributed by atoms with Gasteiger partial charge in [0.15, 0.2) is 0 Å². The molecular formula is C12H15N3O2. The van der Waals surface area contributed by atoms with Crippen molar-refractivity contribution in [3.8, 4) is 0 Å². The molecule has 0 aliphatic heterocycles. The van der Waals surface area contributed by atoms with Gasteiger partial charge in [0.05, 0.1) is 11.0 Å². The first kappa shape index (κ1) is 11.4. The van der Waals surface area contributed by atoms with Crippen LogP contribution in [0.15, 0.2) is 18.2 Å². The molecule has 0 saturated carbocycles. The lowest BCUT2D eigenvalue weighted by atomic mass is 10.2. The molecule has 1 unspecified atom stereocenters. The minimum atomic E-state index is -0.895. The Bertz CT molecular complexity index is 574. The van der Waals surface area contributed by atoms with Gasteiger partial charge in [-0.2, -0.15) is 0 Å². The number of aliphatic carboxylic acids is 1. The summed E-state index contributed by atoms with van der Waals surface area (Å²) >= 11 is 0. The number of carboxylic acid groups (broad SMARTS) is 1. The molecule has 17 heavy (non-hydrogen) atoms. The summed E-state index contributed by atoms with van der Waals surface area (Å²) in [5.41, 5.74) is 2.98. The molecule has 0 saturated heterocycles. The maximum absolute atomic E-state index is 10.8. The Morgan fingerprint density at radius 2 is 2.24 bits per heavy atom. The second-order valence-electron chi connectivity index (χ2n) is 4.19. The van der Waals surface area contributed by atoms with Crippen molar-refractivity contribution in [3.05, 3.63) is 23.8 Å². The average molecular weight is 233 g/mol. The van der Waals surface area contributed by atoms with E-state index in [2.05, 4.69) is 10.3 Å². The molecule has 1 aromatic carbocycles. The van der Waals surface area contributed by atoms with Crippen molar-refractivity contribution >= 4 is 23.0 Å². The number of benzene rings is 1. The predicted molar refractivity (Wildman–Crippen MR) is 66.2 cm³/mol. The van der Waals surface area contributed by atoms with Crippen LogP contribution < -0.4 is 5.32 Å². The smallest absolute Gasteiger partial charge is 0.325 e. The van der Waals surface area contributed by atoms with Crippen LogP contribution in [0.4, 0.5) is 5.95 Å². The van der Waals surface area contributed by atoms with E-state index >= 15 is 0 Å². The first-order chi connectivity index (χ1) is 7.99. The van der Waals surface area contributed by atoms with Crippen LogP contribution >= 0.6 is 0 Å². The summed E-state index contributed by atoms with van der Waals surface area (Å²) in [5, 5.41) is 11.7. The van der Waals surface area contributed by atoms with Gasteiger partial charge in [-0.05, 0) is 31.5 Å². The minimum absolute atomic E-state index is 0.570. The van der Waals surface area contributed by atoms with Crippen molar-refractivity contribution in [2.45, 2.75) is 19.9 Å². The van der Waals surface area contributed by atoms with Crippen LogP contribution in [0.1, 0.15) is 12.5 Å². The molecule has 0 spiro atoms. The number of aromatic nitrogens is 2. The van der Waals surface area contributed by atoms with E-state index in [1.165, 1.54) is 0 Å². The lowest BCUT2D eigenvalue weighted by Gasteiger charge is -2.09. The highest BCUT2D eigenvalue weighted by Crippen LogP contribution is 2.19. The average Bonchev–Trinajstić information content (AvgIpc) is 2.55. The molecule has 0 radical (unpaired) electrons. The van der Waals surface area contributed by atoms with Crippen molar-refractivity contribution in [2.24, 2.45) is 7.05 Å². The van der Waals surface area contributed by atoms with Gasteiger partial charge in [0, 0.05) is 7.05 Å². The molecule has 1 atom stereocenters. The summed E-state index contributed by atoms with van der Waals surface area (Å²) in [7, 11) is 1.86. The summed E-state index contributed by atoms with van der Waals surface area (Å²) in [4.78, 5) is 15.2. The third-order valence-corrected chi connectivity index (χ3v) is 2.75. The standard InChI is InChI=1S/C12H15N3O2/c1-7-4-5-10-9(6-7)14-12(15(10)3)13-8(2)11(16)17/h4-6,8H,1-3H3,(H,13,14)(H,16,17). The van der Waals surface area contributed by atoms with Crippen molar-refractivity contribution in [2.75, 3.05) is 5.32 Å². The van der Waals surface area contributed by atoms with Gasteiger partial charge in [0.25, 0.3) is 0 Å². The number of fused-ring (bicyclic) bond motifs is 1. The quantitative estimate of drug-likeness (QED) is 0.847. The van der Waals surface area contributed by atoms with E-state index in [-0.39, 0.29) is 0 Å². The highest BCUT2D eigenvalue weighted by atomic mass is 16.4. The highest BCUT2D eigenvalue weighted by molar-refractivity contribution is 5.81. The number of anilines is 1. The van der Waals surface area contributed by atoms with Gasteiger partial charge in [-0.1, -0.05) is 6.07 Å². The van der Waals surface area contributed by atoms with E-state index in [4.69, 9.17) is 5.11 Å². The van der Waals surface area contributed by atoms with Crippen molar-refractivity contribution < 1.29 is 9.90 Å². The summed E-state index contributed by atoms with van der Waals surface area (Å²) in [5.74, 6) is -0.325. The molecule has 2 N–H and O–H groups in total. The molecule has 5 heteroatoms. The van der Waals surface area contributed by atoms with E-state index in [0.29, 0.717) is 5.95 Å². The van der Waals surface area contributed by atoms with Crippen LogP contribution in [0.3, 0.4) is 0 Å². The molecule has 1 heterocycles. The molecule has 0 aliphatic rings. The zero-order chi connectivity index (χ0) is 12.6. The van der Waals surface area contributed by atoms with Gasteiger partial charge in [0.2, 0.25) is 5.95 Å². The summed E-state index contributed by atoms with van der Waals surface area (Å²) in [6.45, 7) is 3.59. The molecular weight excluding hydrogens is 218 g/mol. The maximum atomic E-state index is 10.8. The van der Waals surface area contributed by atoms with E-state index in [9.17, 15) is 4.79 Å². The first-order valence-electron chi connectivity index (χ1n) is 5.41. The zero-order valence-electron chi connectivity index (χ0n) is 10.1. The molecule has 2 rings (SSSR count). The molecule has 5 nitrogen and oxygen atoms in total. The van der Waals surface area contributed by atoms with Crippen LogP contribution in [0.2, 0.25) is 0 Å². The van der Waals surface area contributed by atoms with Gasteiger partial charge >= 0.3 is 5.97 Å². The number of rotatable bonds is 3. The van der Waals surface area contributed by atoms with Crippen molar-refractivity contribution in [1.82, 2.24) is 9.55 Å². The van der Waals surface area contributed by atoms with Gasteiger partial charge in [0.1, 0.15) is 6.04 Å². The summed E-state index contributed by atoms with van der Waals surface area (Å²) in [6, 6.07) is 5.31. The lowest BCUT2D eigenvalue weighted by molar-refractivity contribution is -0.137. The molecule has 1 aromatic heterocycles. The SMILES string of the molecule is Cc1ccc2c(c1)nc(NC(C)C(=O)O)n2C. The van der Waals surface area contributed by atoms with Gasteiger partial charge in [-0.3, -0.25) is 4.79 Å². The Hall–Kier alpha value is -2.04. The maximum Gasteiger partial charge on any atom is 0.325 e. The summed E-state index contributed by atoms with van der Waals surface area (Å²) < 4.78 is 1.86. The number of carboxylic acids is 1. The minimum Gasteiger partial charge on any atom is -0.480 e. The third kappa shape index (κ3) is 2.08. The Morgan fingerprint density at radius 1 is 1.53 bits per heavy atom. The van der Waals surface area contributed by atoms with E-state index in [0.717, 1.165) is 16.6 Å². The molecule has 0 fully saturated rings. The number of imidazole rings is 1. The fourth-order valence-electron chi connectivity index (χ4n) is 1.69. The Balaban J connectivity index is 2.42. The molecule has 2 aromatic rings. The van der Waals surface area contributed by atoms with Crippen LogP contribution in [0, 0.1) is 6.92 Å². The fourth-order valence-corrected chi connectivity index (χ4v) is 1.69. The number of carbonyl (C=O) groups is 1. The van der Waals surface area contributed by atoms with Crippen LogP contribution in [0.25, 0.3) is 11.0 Å². The molecule has 90 valence electrons. The van der Waals surface area contributed by atoms with Gasteiger partial charge < -0.3 is 15.0 Å². The third-order valence-electron chi connectivity index (χ3n) is 2.75. The topological polar surface area (TPSA) is 67.2 Å². The number of hydrogen-bond acceptors (Lipinski definition) is 3. The molecule has 0 amide bonds. The van der Waals surface area contributed by atoms with Crippen molar-refractivity contribution in [1.29, 1.82) is 0 Å². The fraction of sp³-hybridized carbons (Fsp3) is 0.333. The van der Waals surface area contributed by atoms with Crippen molar-refractivity contribution in [3.63, 3.8) is 0 Å². The van der Waals surface area contributed by atoms with Crippen LogP contribution in [-0.2, 0) is 11.8 Å². The molecule has 0 aliphatic carbocycles. The summed E-state index contributed by atoms with van der Waals surface area (Å²) in [6.07, 6.45) is 0. The highest BCUT2D eigenvalue weighted by Gasteiger charge is 2.14. The molecule has 0 bridgehead atoms. The normalized spacial score (nSPS) is 12.6. The predicted octanol–water partition coefficient (Wildman–Crippen LogP) is 1.77. The first-order valence-corrected chi connectivity index (χ1v) is 5.41. The van der Waals surface area contributed by atoms with E-state index < -0.39 is 12.0 Å². The van der Waals surface area contributed by atoms with Gasteiger partial charge in [-0.25, -0.2) is 4.98 Å². The largest absolute Gasteiger partial charge is 0.480 e. The van der Waals surface area contributed by atoms with E-state index in [1.54, 1.807) is 6.92 Å². The number of aryl methyl sites for hydroxylation is 2. The zero-order valence-corrected chi connectivity index (χ0v) is 10.1. The number of nitrogens with zero attached hydrogens (tertiary/aromatic N) is 2. The number of hydrogen-bond donors (Lipinski definition) is 2. The Labute approximate surface area is 99.1 Å². The lowest BCUT2D eigenvalue weighted by Crippen LogP contribution is -2.26. The van der Waals surface area contributed by atoms with Crippen LogP contribution in [0.5, 0.6) is 0 Å². The second kappa shape index (κ2) is 4.08. The van der Waals surface area contributed by atoms with Gasteiger partial charge in [-0.15, -0.1) is 0 Å². The van der Waals surface area contributed by atoms with E-state index in [1.807, 2.05) is 36.7 Å². The second-order valence-corrected chi connectivity index (χ2v) is 4.19. The monoisotopic (exact) mass is 233 g/mol. The number of nitrogens with one attached hydrogen (secondary N) is 1.